The molecule has 2 saturated heterocycles. The summed E-state index contributed by atoms with van der Waals surface area (Å²) in [7, 11) is 0. The van der Waals surface area contributed by atoms with E-state index in [4.69, 9.17) is 0 Å². The number of amides is 2. The zero-order valence-corrected chi connectivity index (χ0v) is 17.0. The molecule has 2 fully saturated rings. The number of nitrogens with zero attached hydrogens (tertiary/aromatic N) is 3. The Hall–Kier alpha value is -2.80. The van der Waals surface area contributed by atoms with Crippen LogP contribution < -0.4 is 25.8 Å². The third kappa shape index (κ3) is 4.98. The Morgan fingerprint density at radius 2 is 1.93 bits per heavy atom. The Kier molecular flexibility index (Phi) is 6.14. The molecule has 7 heteroatoms. The van der Waals surface area contributed by atoms with Crippen molar-refractivity contribution in [1.29, 1.82) is 0 Å². The number of benzene rings is 1. The summed E-state index contributed by atoms with van der Waals surface area (Å²) >= 11 is 0. The maximum atomic E-state index is 11.9. The highest BCUT2D eigenvalue weighted by Crippen LogP contribution is 2.26. The Morgan fingerprint density at radius 3 is 2.69 bits per heavy atom. The largest absolute Gasteiger partial charge is 0.371 e. The first kappa shape index (κ1) is 19.5. The van der Waals surface area contributed by atoms with Crippen LogP contribution in [-0.4, -0.2) is 56.3 Å². The molecule has 2 aromatic rings. The lowest BCUT2D eigenvalue weighted by atomic mass is 10.0. The van der Waals surface area contributed by atoms with E-state index in [1.54, 1.807) is 0 Å². The molecule has 1 aromatic heterocycles. The summed E-state index contributed by atoms with van der Waals surface area (Å²) in [5.74, 6) is 0.938. The van der Waals surface area contributed by atoms with Crippen LogP contribution in [0.15, 0.2) is 42.6 Å². The van der Waals surface area contributed by atoms with Crippen LogP contribution in [0, 0.1) is 6.92 Å². The van der Waals surface area contributed by atoms with Gasteiger partial charge in [0, 0.05) is 62.9 Å². The molecule has 29 heavy (non-hydrogen) atoms. The molecule has 0 saturated carbocycles. The molecule has 0 bridgehead atoms. The van der Waals surface area contributed by atoms with E-state index in [2.05, 4.69) is 51.0 Å². The molecular weight excluding hydrogens is 364 g/mol. The van der Waals surface area contributed by atoms with Crippen LogP contribution in [0.5, 0.6) is 0 Å². The number of nitrogens with one attached hydrogen (secondary N) is 3. The summed E-state index contributed by atoms with van der Waals surface area (Å²) in [6.45, 7) is 7.39. The Bertz CT molecular complexity index is 834. The van der Waals surface area contributed by atoms with Gasteiger partial charge >= 0.3 is 6.03 Å². The highest BCUT2D eigenvalue weighted by molar-refractivity contribution is 5.94. The number of anilines is 3. The monoisotopic (exact) mass is 394 g/mol. The van der Waals surface area contributed by atoms with E-state index >= 15 is 0 Å². The van der Waals surface area contributed by atoms with Gasteiger partial charge in [0.1, 0.15) is 5.82 Å². The number of pyridine rings is 1. The van der Waals surface area contributed by atoms with E-state index in [0.717, 1.165) is 63.6 Å². The standard InChI is InChI=1S/C22H30N6O/c1-17-5-8-24-21(15-17)25-10-9-23-18-6-12-27(13-7-18)19-3-2-4-20(16-19)28-14-11-26-22(28)29/h2-5,8,15-16,18,23H,6-7,9-14H2,1H3,(H,24,25)(H,26,29). The van der Waals surface area contributed by atoms with E-state index in [-0.39, 0.29) is 6.03 Å². The summed E-state index contributed by atoms with van der Waals surface area (Å²) in [6, 6.07) is 13.0. The average molecular weight is 395 g/mol. The summed E-state index contributed by atoms with van der Waals surface area (Å²) in [5, 5.41) is 9.90. The fourth-order valence-corrected chi connectivity index (χ4v) is 4.02. The van der Waals surface area contributed by atoms with Crippen LogP contribution in [0.4, 0.5) is 22.0 Å². The molecular formula is C22H30N6O. The number of urea groups is 1. The van der Waals surface area contributed by atoms with Crippen LogP contribution in [0.2, 0.25) is 0 Å². The Labute approximate surface area is 172 Å². The van der Waals surface area contributed by atoms with Gasteiger partial charge in [-0.05, 0) is 55.7 Å². The number of aromatic nitrogens is 1. The summed E-state index contributed by atoms with van der Waals surface area (Å²) in [4.78, 5) is 20.5. The molecule has 154 valence electrons. The smallest absolute Gasteiger partial charge is 0.321 e. The van der Waals surface area contributed by atoms with Crippen molar-refractivity contribution in [2.24, 2.45) is 0 Å². The topological polar surface area (TPSA) is 72.5 Å². The number of rotatable bonds is 7. The van der Waals surface area contributed by atoms with E-state index in [1.807, 2.05) is 29.3 Å². The predicted molar refractivity (Wildman–Crippen MR) is 118 cm³/mol. The highest BCUT2D eigenvalue weighted by atomic mass is 16.2. The maximum absolute atomic E-state index is 11.9. The van der Waals surface area contributed by atoms with Gasteiger partial charge in [-0.15, -0.1) is 0 Å². The van der Waals surface area contributed by atoms with E-state index < -0.39 is 0 Å². The summed E-state index contributed by atoms with van der Waals surface area (Å²) in [5.41, 5.74) is 3.40. The van der Waals surface area contributed by atoms with Gasteiger partial charge in [0.15, 0.2) is 0 Å². The first-order chi connectivity index (χ1) is 14.2. The van der Waals surface area contributed by atoms with Crippen molar-refractivity contribution >= 4 is 23.2 Å². The second kappa shape index (κ2) is 9.13. The van der Waals surface area contributed by atoms with Crippen molar-refractivity contribution in [1.82, 2.24) is 15.6 Å². The molecule has 3 N–H and O–H groups in total. The molecule has 3 heterocycles. The molecule has 0 aliphatic carbocycles. The van der Waals surface area contributed by atoms with Crippen molar-refractivity contribution in [3.8, 4) is 0 Å². The molecule has 1 aromatic carbocycles. The summed E-state index contributed by atoms with van der Waals surface area (Å²) in [6.07, 6.45) is 4.08. The van der Waals surface area contributed by atoms with Crippen molar-refractivity contribution in [3.05, 3.63) is 48.2 Å². The lowest BCUT2D eigenvalue weighted by Crippen LogP contribution is -2.43. The Balaban J connectivity index is 1.22. The molecule has 0 atom stereocenters. The van der Waals surface area contributed by atoms with Crippen molar-refractivity contribution in [2.45, 2.75) is 25.8 Å². The fraction of sp³-hybridized carbons (Fsp3) is 0.455. The minimum atomic E-state index is -0.000434. The number of carbonyl (C=O) groups is 1. The van der Waals surface area contributed by atoms with Gasteiger partial charge in [0.2, 0.25) is 0 Å². The molecule has 4 rings (SSSR count). The van der Waals surface area contributed by atoms with Gasteiger partial charge in [-0.25, -0.2) is 9.78 Å². The van der Waals surface area contributed by atoms with Crippen LogP contribution in [0.25, 0.3) is 0 Å². The minimum Gasteiger partial charge on any atom is -0.371 e. The zero-order valence-electron chi connectivity index (χ0n) is 17.0. The molecule has 2 amide bonds. The van der Waals surface area contributed by atoms with Crippen LogP contribution in [-0.2, 0) is 0 Å². The zero-order chi connectivity index (χ0) is 20.1. The minimum absolute atomic E-state index is 0.000434. The van der Waals surface area contributed by atoms with Gasteiger partial charge in [0.05, 0.1) is 0 Å². The van der Waals surface area contributed by atoms with E-state index in [1.165, 1.54) is 11.3 Å². The SMILES string of the molecule is Cc1ccnc(NCCNC2CCN(c3cccc(N4CCNC4=O)c3)CC2)c1. The number of hydrogen-bond acceptors (Lipinski definition) is 5. The second-order valence-electron chi connectivity index (χ2n) is 7.76. The molecule has 2 aliphatic rings. The first-order valence-corrected chi connectivity index (χ1v) is 10.5. The highest BCUT2D eigenvalue weighted by Gasteiger charge is 2.23. The lowest BCUT2D eigenvalue weighted by Gasteiger charge is -2.34. The van der Waals surface area contributed by atoms with Crippen molar-refractivity contribution < 1.29 is 4.79 Å². The fourth-order valence-electron chi connectivity index (χ4n) is 4.02. The lowest BCUT2D eigenvalue weighted by molar-refractivity contribution is 0.252. The van der Waals surface area contributed by atoms with Crippen LogP contribution in [0.1, 0.15) is 18.4 Å². The van der Waals surface area contributed by atoms with Crippen molar-refractivity contribution in [2.75, 3.05) is 54.4 Å². The van der Waals surface area contributed by atoms with E-state index in [0.29, 0.717) is 6.04 Å². The maximum Gasteiger partial charge on any atom is 0.321 e. The molecule has 2 aliphatic heterocycles. The normalized spacial score (nSPS) is 17.5. The van der Waals surface area contributed by atoms with Gasteiger partial charge in [-0.2, -0.15) is 0 Å². The van der Waals surface area contributed by atoms with E-state index in [9.17, 15) is 4.79 Å². The quantitative estimate of drug-likeness (QED) is 0.630. The van der Waals surface area contributed by atoms with Crippen LogP contribution >= 0.6 is 0 Å². The predicted octanol–water partition coefficient (Wildman–Crippen LogP) is 2.59. The molecule has 0 spiro atoms. The summed E-state index contributed by atoms with van der Waals surface area (Å²) < 4.78 is 0. The Morgan fingerprint density at radius 1 is 1.10 bits per heavy atom. The first-order valence-electron chi connectivity index (χ1n) is 10.5. The molecule has 7 nitrogen and oxygen atoms in total. The van der Waals surface area contributed by atoms with Crippen LogP contribution in [0.3, 0.4) is 0 Å². The number of piperidine rings is 1. The average Bonchev–Trinajstić information content (AvgIpc) is 3.18. The van der Waals surface area contributed by atoms with Gasteiger partial charge < -0.3 is 20.9 Å². The van der Waals surface area contributed by atoms with Gasteiger partial charge in [-0.1, -0.05) is 6.07 Å². The molecule has 0 unspecified atom stereocenters. The molecule has 0 radical (unpaired) electrons. The third-order valence-electron chi connectivity index (χ3n) is 5.64. The number of hydrogen-bond donors (Lipinski definition) is 3. The second-order valence-corrected chi connectivity index (χ2v) is 7.76. The third-order valence-corrected chi connectivity index (χ3v) is 5.64. The van der Waals surface area contributed by atoms with Gasteiger partial charge in [-0.3, -0.25) is 4.90 Å². The van der Waals surface area contributed by atoms with Crippen molar-refractivity contribution in [3.63, 3.8) is 0 Å². The number of carbonyl (C=O) groups excluding carboxylic acids is 1. The number of aryl methyl sites for hydroxylation is 1. The van der Waals surface area contributed by atoms with Gasteiger partial charge in [0.25, 0.3) is 0 Å².